The molecular formula is C27H33N3O8S2. The third-order valence-corrected chi connectivity index (χ3v) is 7.52. The van der Waals surface area contributed by atoms with E-state index < -0.39 is 11.4 Å². The van der Waals surface area contributed by atoms with Crippen molar-refractivity contribution in [3.8, 4) is 23.0 Å². The number of hydrogen-bond donors (Lipinski definition) is 1. The van der Waals surface area contributed by atoms with Crippen molar-refractivity contribution in [2.45, 2.75) is 57.6 Å². The molecule has 0 atom stereocenters. The van der Waals surface area contributed by atoms with Gasteiger partial charge in [-0.2, -0.15) is 0 Å². The maximum Gasteiger partial charge on any atom is 0.344 e. The maximum absolute atomic E-state index is 12.9. The molecule has 1 N–H and O–H groups in total. The molecule has 0 aliphatic heterocycles. The number of anilines is 1. The van der Waals surface area contributed by atoms with Gasteiger partial charge in [0.05, 0.1) is 31.1 Å². The first-order valence-corrected chi connectivity index (χ1v) is 14.8. The first kappa shape index (κ1) is 31.0. The van der Waals surface area contributed by atoms with Crippen molar-refractivity contribution >= 4 is 40.1 Å². The Balaban J connectivity index is 1.67. The maximum atomic E-state index is 12.9. The van der Waals surface area contributed by atoms with Crippen LogP contribution in [0, 0.1) is 5.92 Å². The minimum Gasteiger partial charge on any atom is -0.490 e. The number of thioether (sulfide) groups is 1. The molecule has 1 amide bonds. The molecule has 2 heterocycles. The van der Waals surface area contributed by atoms with Crippen LogP contribution in [0.1, 0.15) is 63.6 Å². The molecule has 0 spiro atoms. The van der Waals surface area contributed by atoms with E-state index in [4.69, 9.17) is 23.4 Å². The lowest BCUT2D eigenvalue weighted by atomic mass is 10.0. The van der Waals surface area contributed by atoms with E-state index in [2.05, 4.69) is 15.5 Å². The van der Waals surface area contributed by atoms with Crippen LogP contribution in [0.15, 0.2) is 38.0 Å². The number of esters is 1. The second-order valence-corrected chi connectivity index (χ2v) is 10.4. The molecule has 11 nitrogen and oxygen atoms in total. The number of rotatable bonds is 15. The molecule has 216 valence electrons. The van der Waals surface area contributed by atoms with Gasteiger partial charge in [-0.3, -0.25) is 9.59 Å². The zero-order valence-corrected chi connectivity index (χ0v) is 24.7. The number of carbonyl (C=O) groups excluding carboxylic acids is 2. The van der Waals surface area contributed by atoms with Crippen molar-refractivity contribution in [2.75, 3.05) is 25.1 Å². The zero-order chi connectivity index (χ0) is 29.1. The van der Waals surface area contributed by atoms with E-state index in [0.717, 1.165) is 19.1 Å². The van der Waals surface area contributed by atoms with Crippen molar-refractivity contribution < 1.29 is 33.0 Å². The predicted octanol–water partition coefficient (Wildman–Crippen LogP) is 5.57. The summed E-state index contributed by atoms with van der Waals surface area (Å²) in [4.78, 5) is 37.8. The second kappa shape index (κ2) is 15.3. The number of carbonyl (C=O) groups is 2. The first-order chi connectivity index (χ1) is 19.3. The third kappa shape index (κ3) is 8.21. The van der Waals surface area contributed by atoms with Gasteiger partial charge in [-0.1, -0.05) is 36.9 Å². The number of ether oxygens (including phenoxy) is 4. The molecule has 0 saturated heterocycles. The quantitative estimate of drug-likeness (QED) is 0.135. The van der Waals surface area contributed by atoms with Crippen molar-refractivity contribution in [1.29, 1.82) is 0 Å². The minimum absolute atomic E-state index is 0.0743. The molecule has 3 aromatic rings. The summed E-state index contributed by atoms with van der Waals surface area (Å²) in [5, 5.41) is 11.3. The van der Waals surface area contributed by atoms with Crippen molar-refractivity contribution in [2.24, 2.45) is 5.92 Å². The summed E-state index contributed by atoms with van der Waals surface area (Å²) >= 11 is 2.53. The molecule has 0 radical (unpaired) electrons. The van der Waals surface area contributed by atoms with Crippen molar-refractivity contribution in [3.63, 3.8) is 0 Å². The standard InChI is InChI=1S/C27H33N3O8S2/c1-6-16(7-2)24(32)28-26-29-30-27(40-26)39-15-18-13-19(31)22(14-37-18)38-25(33)17-11-20(34-8-3)23(36-10-5)21(12-17)35-9-4/h11-14,16H,6-10,15H2,1-5H3,(H,28,29,32). The number of aromatic nitrogens is 2. The van der Waals surface area contributed by atoms with Crippen LogP contribution in [-0.2, 0) is 10.5 Å². The smallest absolute Gasteiger partial charge is 0.344 e. The molecule has 40 heavy (non-hydrogen) atoms. The first-order valence-electron chi connectivity index (χ1n) is 13.0. The summed E-state index contributed by atoms with van der Waals surface area (Å²) < 4.78 is 28.4. The fourth-order valence-electron chi connectivity index (χ4n) is 3.57. The summed E-state index contributed by atoms with van der Waals surface area (Å²) in [5.74, 6) is 0.492. The Morgan fingerprint density at radius 2 is 1.60 bits per heavy atom. The van der Waals surface area contributed by atoms with Gasteiger partial charge in [0, 0.05) is 12.0 Å². The summed E-state index contributed by atoms with van der Waals surface area (Å²) in [6, 6.07) is 4.21. The Bertz CT molecular complexity index is 1330. The molecule has 2 aromatic heterocycles. The van der Waals surface area contributed by atoms with Crippen LogP contribution in [-0.4, -0.2) is 41.9 Å². The number of nitrogens with zero attached hydrogens (tertiary/aromatic N) is 2. The Hall–Kier alpha value is -3.58. The van der Waals surface area contributed by atoms with E-state index in [1.807, 2.05) is 34.6 Å². The van der Waals surface area contributed by atoms with E-state index >= 15 is 0 Å². The highest BCUT2D eigenvalue weighted by molar-refractivity contribution is 8.00. The summed E-state index contributed by atoms with van der Waals surface area (Å²) in [6.45, 7) is 10.4. The highest BCUT2D eigenvalue weighted by Gasteiger charge is 2.21. The molecular weight excluding hydrogens is 558 g/mol. The van der Waals surface area contributed by atoms with Gasteiger partial charge in [-0.15, -0.1) is 10.2 Å². The summed E-state index contributed by atoms with van der Waals surface area (Å²) in [7, 11) is 0. The van der Waals surface area contributed by atoms with Crippen LogP contribution >= 0.6 is 23.1 Å². The molecule has 3 rings (SSSR count). The largest absolute Gasteiger partial charge is 0.490 e. The number of benzene rings is 1. The summed E-state index contributed by atoms with van der Waals surface area (Å²) in [6.07, 6.45) is 2.59. The van der Waals surface area contributed by atoms with Crippen LogP contribution in [0.5, 0.6) is 23.0 Å². The van der Waals surface area contributed by atoms with E-state index in [0.29, 0.717) is 52.3 Å². The second-order valence-electron chi connectivity index (χ2n) is 8.23. The van der Waals surface area contributed by atoms with Gasteiger partial charge in [0.2, 0.25) is 28.0 Å². The average Bonchev–Trinajstić information content (AvgIpc) is 3.38. The zero-order valence-electron chi connectivity index (χ0n) is 23.1. The predicted molar refractivity (Wildman–Crippen MR) is 152 cm³/mol. The highest BCUT2D eigenvalue weighted by atomic mass is 32.2. The number of hydrogen-bond acceptors (Lipinski definition) is 12. The molecule has 0 saturated carbocycles. The van der Waals surface area contributed by atoms with Crippen LogP contribution in [0.4, 0.5) is 5.13 Å². The fraction of sp³-hybridized carbons (Fsp3) is 0.444. The van der Waals surface area contributed by atoms with E-state index in [1.165, 1.54) is 41.3 Å². The van der Waals surface area contributed by atoms with Crippen molar-refractivity contribution in [1.82, 2.24) is 10.2 Å². The molecule has 0 fully saturated rings. The highest BCUT2D eigenvalue weighted by Crippen LogP contribution is 2.39. The number of amides is 1. The van der Waals surface area contributed by atoms with Gasteiger partial charge >= 0.3 is 5.97 Å². The Kier molecular flexibility index (Phi) is 11.8. The molecule has 0 aliphatic carbocycles. The molecule has 1 aromatic carbocycles. The van der Waals surface area contributed by atoms with Crippen molar-refractivity contribution in [3.05, 3.63) is 46.0 Å². The van der Waals surface area contributed by atoms with Gasteiger partial charge in [-0.25, -0.2) is 4.79 Å². The fourth-order valence-corrected chi connectivity index (χ4v) is 5.22. The minimum atomic E-state index is -0.781. The van der Waals surface area contributed by atoms with Gasteiger partial charge in [0.15, 0.2) is 15.8 Å². The van der Waals surface area contributed by atoms with Crippen LogP contribution < -0.4 is 29.7 Å². The van der Waals surface area contributed by atoms with Gasteiger partial charge in [0.25, 0.3) is 0 Å². The summed E-state index contributed by atoms with van der Waals surface area (Å²) in [5.41, 5.74) is -0.399. The third-order valence-electron chi connectivity index (χ3n) is 5.53. The SMILES string of the molecule is CCOc1cc(C(=O)Oc2coc(CSc3nnc(NC(=O)C(CC)CC)s3)cc2=O)cc(OCC)c1OCC. The van der Waals surface area contributed by atoms with E-state index in [-0.39, 0.29) is 28.9 Å². The molecule has 0 unspecified atom stereocenters. The topological polar surface area (TPSA) is 139 Å². The lowest BCUT2D eigenvalue weighted by Gasteiger charge is -2.16. The van der Waals surface area contributed by atoms with Gasteiger partial charge in [-0.05, 0) is 45.7 Å². The Morgan fingerprint density at radius 1 is 0.950 bits per heavy atom. The Labute approximate surface area is 240 Å². The molecule has 0 aliphatic rings. The normalized spacial score (nSPS) is 10.8. The van der Waals surface area contributed by atoms with E-state index in [9.17, 15) is 14.4 Å². The van der Waals surface area contributed by atoms with Crippen LogP contribution in [0.3, 0.4) is 0 Å². The lowest BCUT2D eigenvalue weighted by molar-refractivity contribution is -0.120. The van der Waals surface area contributed by atoms with Gasteiger partial charge in [0.1, 0.15) is 12.0 Å². The monoisotopic (exact) mass is 591 g/mol. The molecule has 0 bridgehead atoms. The van der Waals surface area contributed by atoms with E-state index in [1.54, 1.807) is 0 Å². The number of nitrogens with one attached hydrogen (secondary N) is 1. The van der Waals surface area contributed by atoms with Crippen LogP contribution in [0.2, 0.25) is 0 Å². The van der Waals surface area contributed by atoms with Crippen LogP contribution in [0.25, 0.3) is 0 Å². The lowest BCUT2D eigenvalue weighted by Crippen LogP contribution is -2.21. The molecule has 13 heteroatoms. The average molecular weight is 592 g/mol. The Morgan fingerprint density at radius 3 is 2.17 bits per heavy atom. The van der Waals surface area contributed by atoms with Gasteiger partial charge < -0.3 is 28.7 Å².